The van der Waals surface area contributed by atoms with Crippen molar-refractivity contribution >= 4 is 5.91 Å². The lowest BCUT2D eigenvalue weighted by molar-refractivity contribution is -0.133. The monoisotopic (exact) mass is 262 g/mol. The highest BCUT2D eigenvalue weighted by Crippen LogP contribution is 2.20. The highest BCUT2D eigenvalue weighted by Gasteiger charge is 2.37. The molecular formula is C14H22N4O. The van der Waals surface area contributed by atoms with Gasteiger partial charge >= 0.3 is 0 Å². The molecule has 2 rings (SSSR count). The van der Waals surface area contributed by atoms with Crippen molar-refractivity contribution in [3.05, 3.63) is 30.1 Å². The van der Waals surface area contributed by atoms with E-state index in [4.69, 9.17) is 5.73 Å². The van der Waals surface area contributed by atoms with Gasteiger partial charge in [-0.05, 0) is 44.5 Å². The molecule has 0 spiro atoms. The second kappa shape index (κ2) is 5.67. The van der Waals surface area contributed by atoms with Crippen LogP contribution in [0.5, 0.6) is 0 Å². The highest BCUT2D eigenvalue weighted by molar-refractivity contribution is 5.83. The normalized spacial score (nSPS) is 23.1. The average molecular weight is 262 g/mol. The SMILES string of the molecule is CC1(C)CN(Cc2ccncc2)C(CCN)C(=O)N1. The Morgan fingerprint density at radius 2 is 2.16 bits per heavy atom. The third kappa shape index (κ3) is 3.52. The van der Waals surface area contributed by atoms with E-state index in [9.17, 15) is 4.79 Å². The topological polar surface area (TPSA) is 71.2 Å². The lowest BCUT2D eigenvalue weighted by Gasteiger charge is -2.43. The Morgan fingerprint density at radius 3 is 2.79 bits per heavy atom. The van der Waals surface area contributed by atoms with Crippen molar-refractivity contribution in [3.63, 3.8) is 0 Å². The summed E-state index contributed by atoms with van der Waals surface area (Å²) in [5, 5.41) is 3.06. The van der Waals surface area contributed by atoms with Gasteiger partial charge in [0.25, 0.3) is 0 Å². The number of pyridine rings is 1. The highest BCUT2D eigenvalue weighted by atomic mass is 16.2. The smallest absolute Gasteiger partial charge is 0.237 e. The van der Waals surface area contributed by atoms with Gasteiger partial charge in [-0.1, -0.05) is 0 Å². The van der Waals surface area contributed by atoms with Gasteiger partial charge in [0.05, 0.1) is 6.04 Å². The molecule has 1 aliphatic heterocycles. The summed E-state index contributed by atoms with van der Waals surface area (Å²) >= 11 is 0. The number of carbonyl (C=O) groups is 1. The number of piperazine rings is 1. The van der Waals surface area contributed by atoms with Gasteiger partial charge in [-0.2, -0.15) is 0 Å². The molecule has 0 bridgehead atoms. The molecule has 2 heterocycles. The molecule has 1 aromatic rings. The fraction of sp³-hybridized carbons (Fsp3) is 0.571. The Hall–Kier alpha value is -1.46. The summed E-state index contributed by atoms with van der Waals surface area (Å²) in [6.45, 7) is 6.19. The summed E-state index contributed by atoms with van der Waals surface area (Å²) in [5.74, 6) is 0.0794. The van der Waals surface area contributed by atoms with Crippen LogP contribution in [0.4, 0.5) is 0 Å². The first-order valence-electron chi connectivity index (χ1n) is 6.67. The van der Waals surface area contributed by atoms with Crippen molar-refractivity contribution in [2.24, 2.45) is 5.73 Å². The lowest BCUT2D eigenvalue weighted by Crippen LogP contribution is -2.64. The average Bonchev–Trinajstić information content (AvgIpc) is 2.34. The van der Waals surface area contributed by atoms with Crippen LogP contribution in [0.3, 0.4) is 0 Å². The number of nitrogens with one attached hydrogen (secondary N) is 1. The Labute approximate surface area is 114 Å². The first-order valence-corrected chi connectivity index (χ1v) is 6.67. The summed E-state index contributed by atoms with van der Waals surface area (Å²) in [5.41, 5.74) is 6.60. The van der Waals surface area contributed by atoms with Crippen LogP contribution in [0, 0.1) is 0 Å². The molecule has 1 fully saturated rings. The van der Waals surface area contributed by atoms with Crippen LogP contribution in [0.25, 0.3) is 0 Å². The van der Waals surface area contributed by atoms with Crippen molar-refractivity contribution in [1.29, 1.82) is 0 Å². The number of hydrogen-bond donors (Lipinski definition) is 2. The molecule has 1 amide bonds. The Bertz CT molecular complexity index is 432. The van der Waals surface area contributed by atoms with Gasteiger partial charge in [-0.15, -0.1) is 0 Å². The van der Waals surface area contributed by atoms with E-state index in [1.807, 2.05) is 26.0 Å². The molecule has 1 unspecified atom stereocenters. The maximum absolute atomic E-state index is 12.2. The molecule has 0 aromatic carbocycles. The van der Waals surface area contributed by atoms with Crippen molar-refractivity contribution < 1.29 is 4.79 Å². The molecule has 5 heteroatoms. The van der Waals surface area contributed by atoms with Gasteiger partial charge in [-0.25, -0.2) is 0 Å². The first kappa shape index (κ1) is 14.0. The number of nitrogens with two attached hydrogens (primary N) is 1. The van der Waals surface area contributed by atoms with E-state index < -0.39 is 0 Å². The number of nitrogens with zero attached hydrogens (tertiary/aromatic N) is 2. The van der Waals surface area contributed by atoms with Crippen molar-refractivity contribution in [2.45, 2.75) is 38.4 Å². The third-order valence-electron chi connectivity index (χ3n) is 3.38. The van der Waals surface area contributed by atoms with Gasteiger partial charge in [0, 0.05) is 31.0 Å². The maximum atomic E-state index is 12.2. The molecule has 1 atom stereocenters. The summed E-state index contributed by atoms with van der Waals surface area (Å²) < 4.78 is 0. The summed E-state index contributed by atoms with van der Waals surface area (Å²) in [6.07, 6.45) is 4.25. The molecule has 104 valence electrons. The summed E-state index contributed by atoms with van der Waals surface area (Å²) in [4.78, 5) is 18.4. The zero-order chi connectivity index (χ0) is 13.9. The number of hydrogen-bond acceptors (Lipinski definition) is 4. The molecule has 0 radical (unpaired) electrons. The first-order chi connectivity index (χ1) is 9.02. The van der Waals surface area contributed by atoms with Gasteiger partial charge in [0.15, 0.2) is 0 Å². The van der Waals surface area contributed by atoms with Crippen LogP contribution >= 0.6 is 0 Å². The fourth-order valence-electron chi connectivity index (χ4n) is 2.60. The van der Waals surface area contributed by atoms with Crippen LogP contribution in [0.15, 0.2) is 24.5 Å². The maximum Gasteiger partial charge on any atom is 0.237 e. The minimum atomic E-state index is -0.199. The van der Waals surface area contributed by atoms with E-state index in [-0.39, 0.29) is 17.5 Å². The quantitative estimate of drug-likeness (QED) is 0.829. The Kier molecular flexibility index (Phi) is 4.17. The van der Waals surface area contributed by atoms with Gasteiger partial charge in [-0.3, -0.25) is 14.7 Å². The minimum absolute atomic E-state index is 0.0794. The number of carbonyl (C=O) groups excluding carboxylic acids is 1. The van der Waals surface area contributed by atoms with Crippen LogP contribution in [-0.4, -0.2) is 40.5 Å². The predicted molar refractivity (Wildman–Crippen MR) is 74.3 cm³/mol. The second-order valence-corrected chi connectivity index (χ2v) is 5.73. The molecule has 0 saturated carbocycles. The number of rotatable bonds is 4. The van der Waals surface area contributed by atoms with E-state index in [0.29, 0.717) is 13.0 Å². The summed E-state index contributed by atoms with van der Waals surface area (Å²) in [7, 11) is 0. The van der Waals surface area contributed by atoms with E-state index in [2.05, 4.69) is 15.2 Å². The van der Waals surface area contributed by atoms with Crippen molar-refractivity contribution in [3.8, 4) is 0 Å². The lowest BCUT2D eigenvalue weighted by atomic mass is 9.96. The molecule has 1 aliphatic rings. The van der Waals surface area contributed by atoms with Crippen LogP contribution in [-0.2, 0) is 11.3 Å². The molecular weight excluding hydrogens is 240 g/mol. The van der Waals surface area contributed by atoms with E-state index in [1.54, 1.807) is 12.4 Å². The van der Waals surface area contributed by atoms with Gasteiger partial charge in [0.1, 0.15) is 0 Å². The third-order valence-corrected chi connectivity index (χ3v) is 3.38. The van der Waals surface area contributed by atoms with E-state index >= 15 is 0 Å². The van der Waals surface area contributed by atoms with Crippen molar-refractivity contribution in [1.82, 2.24) is 15.2 Å². The summed E-state index contributed by atoms with van der Waals surface area (Å²) in [6, 6.07) is 3.84. The molecule has 3 N–H and O–H groups in total. The second-order valence-electron chi connectivity index (χ2n) is 5.73. The standard InChI is InChI=1S/C14H22N4O/c1-14(2)10-18(9-11-4-7-16-8-5-11)12(3-6-15)13(19)17-14/h4-5,7-8,12H,3,6,9-10,15H2,1-2H3,(H,17,19). The molecule has 19 heavy (non-hydrogen) atoms. The van der Waals surface area contributed by atoms with E-state index in [1.165, 1.54) is 5.56 Å². The van der Waals surface area contributed by atoms with Crippen LogP contribution in [0.2, 0.25) is 0 Å². The van der Waals surface area contributed by atoms with Gasteiger partial charge < -0.3 is 11.1 Å². The fourth-order valence-corrected chi connectivity index (χ4v) is 2.60. The Morgan fingerprint density at radius 1 is 1.47 bits per heavy atom. The van der Waals surface area contributed by atoms with Crippen LogP contribution < -0.4 is 11.1 Å². The molecule has 1 saturated heterocycles. The number of amides is 1. The predicted octanol–water partition coefficient (Wildman–Crippen LogP) is 0.509. The zero-order valence-electron chi connectivity index (χ0n) is 11.6. The number of aromatic nitrogens is 1. The minimum Gasteiger partial charge on any atom is -0.349 e. The molecule has 1 aromatic heterocycles. The van der Waals surface area contributed by atoms with Gasteiger partial charge in [0.2, 0.25) is 5.91 Å². The van der Waals surface area contributed by atoms with Crippen molar-refractivity contribution in [2.75, 3.05) is 13.1 Å². The Balaban J connectivity index is 2.15. The largest absolute Gasteiger partial charge is 0.349 e. The van der Waals surface area contributed by atoms with E-state index in [0.717, 1.165) is 13.1 Å². The zero-order valence-corrected chi connectivity index (χ0v) is 11.6. The van der Waals surface area contributed by atoms with Crippen LogP contribution in [0.1, 0.15) is 25.8 Å². The molecule has 0 aliphatic carbocycles. The molecule has 5 nitrogen and oxygen atoms in total.